The van der Waals surface area contributed by atoms with E-state index in [0.29, 0.717) is 60.8 Å². The van der Waals surface area contributed by atoms with Crippen molar-refractivity contribution in [3.8, 4) is 17.2 Å². The number of anilines is 1. The molecular weight excluding hydrogens is 1010 g/mol. The predicted molar refractivity (Wildman–Crippen MR) is 274 cm³/mol. The third kappa shape index (κ3) is 17.9. The minimum Gasteiger partial charge on any atom is -0.479 e. The normalized spacial score (nSPS) is 17.3. The maximum absolute atomic E-state index is 13.4. The molecule has 0 saturated carbocycles. The smallest absolute Gasteiger partial charge is 0.335 e. The number of ether oxygens (including phenoxy) is 5. The second kappa shape index (κ2) is 28.9. The summed E-state index contributed by atoms with van der Waals surface area (Å²) in [6.07, 6.45) is -5.00. The van der Waals surface area contributed by atoms with Crippen LogP contribution in [0.4, 0.5) is 5.69 Å². The van der Waals surface area contributed by atoms with Gasteiger partial charge in [0.05, 0.1) is 55.9 Å². The summed E-state index contributed by atoms with van der Waals surface area (Å²) in [5, 5.41) is 46.2. The fourth-order valence-electron chi connectivity index (χ4n) is 7.62. The Morgan fingerprint density at radius 3 is 2.11 bits per heavy atom. The van der Waals surface area contributed by atoms with E-state index in [1.54, 1.807) is 67.6 Å². The number of carboxylic acid groups (broad SMARTS) is 1. The molecule has 6 N–H and O–H groups in total. The number of carboxylic acids is 1. The number of oxazole rings is 1. The molecule has 0 spiro atoms. The van der Waals surface area contributed by atoms with Gasteiger partial charge in [-0.15, -0.1) is 0 Å². The molecule has 3 heterocycles. The fourth-order valence-corrected chi connectivity index (χ4v) is 8.96. The van der Waals surface area contributed by atoms with E-state index in [9.17, 15) is 52.8 Å². The van der Waals surface area contributed by atoms with Crippen LogP contribution in [-0.4, -0.2) is 140 Å². The van der Waals surface area contributed by atoms with Gasteiger partial charge in [-0.1, -0.05) is 29.8 Å². The molecule has 6 rings (SSSR count). The lowest BCUT2D eigenvalue weighted by molar-refractivity contribution is -0.688. The van der Waals surface area contributed by atoms with Crippen molar-refractivity contribution in [2.75, 3.05) is 51.5 Å². The number of ketones is 2. The molecule has 5 atom stereocenters. The van der Waals surface area contributed by atoms with E-state index < -0.39 is 52.4 Å². The summed E-state index contributed by atoms with van der Waals surface area (Å²) >= 11 is 0. The van der Waals surface area contributed by atoms with Crippen LogP contribution in [0.15, 0.2) is 101 Å². The number of Topliss-reactive ketones (excluding diaryl/α,β-unsaturated/α-hetero) is 2. The lowest BCUT2D eigenvalue weighted by Crippen LogP contribution is -2.61. The highest BCUT2D eigenvalue weighted by Crippen LogP contribution is 2.31. The Kier molecular flexibility index (Phi) is 22.9. The number of benzene rings is 3. The Labute approximate surface area is 441 Å². The van der Waals surface area contributed by atoms with Gasteiger partial charge in [0, 0.05) is 60.5 Å². The first-order valence-electron chi connectivity index (χ1n) is 24.3. The summed E-state index contributed by atoms with van der Waals surface area (Å²) in [5.74, 6) is -2.35. The topological polar surface area (TPSA) is 301 Å². The van der Waals surface area contributed by atoms with E-state index >= 15 is 0 Å². The molecule has 1 fully saturated rings. The summed E-state index contributed by atoms with van der Waals surface area (Å²) in [4.78, 5) is 66.5. The van der Waals surface area contributed by atoms with Crippen LogP contribution in [0.3, 0.4) is 0 Å². The molecule has 76 heavy (non-hydrogen) atoms. The van der Waals surface area contributed by atoms with Gasteiger partial charge in [0.1, 0.15) is 41.4 Å². The molecule has 1 saturated heterocycles. The number of carbonyl (C=O) groups excluding carboxylic acids is 4. The Morgan fingerprint density at radius 1 is 0.763 bits per heavy atom. The van der Waals surface area contributed by atoms with E-state index in [1.165, 1.54) is 13.0 Å². The first-order valence-corrected chi connectivity index (χ1v) is 25.9. The monoisotopic (exact) mass is 1070 g/mol. The Balaban J connectivity index is 0.0000107. The van der Waals surface area contributed by atoms with Crippen molar-refractivity contribution in [2.24, 2.45) is 0 Å². The summed E-state index contributed by atoms with van der Waals surface area (Å²) in [6.45, 7) is 6.92. The van der Waals surface area contributed by atoms with Crippen molar-refractivity contribution in [3.63, 3.8) is 0 Å². The number of hydrogen-bond donors (Lipinski definition) is 6. The highest BCUT2D eigenvalue weighted by Gasteiger charge is 2.48. The zero-order chi connectivity index (χ0) is 54.1. The van der Waals surface area contributed by atoms with Crippen molar-refractivity contribution in [1.29, 1.82) is 0 Å². The number of rotatable bonds is 29. The molecule has 21 nitrogen and oxygen atoms in total. The third-order valence-electron chi connectivity index (χ3n) is 11.8. The van der Waals surface area contributed by atoms with Gasteiger partial charge in [0.2, 0.25) is 24.0 Å². The van der Waals surface area contributed by atoms with Gasteiger partial charge in [0.25, 0.3) is 0 Å². The van der Waals surface area contributed by atoms with Gasteiger partial charge in [0.15, 0.2) is 40.7 Å². The summed E-state index contributed by atoms with van der Waals surface area (Å²) in [7, 11) is -3.66. The highest BCUT2D eigenvalue weighted by atomic mass is 32.2. The van der Waals surface area contributed by atoms with E-state index in [-0.39, 0.29) is 105 Å². The van der Waals surface area contributed by atoms with Crippen LogP contribution >= 0.6 is 0 Å². The second-order valence-electron chi connectivity index (χ2n) is 17.8. The molecule has 0 unspecified atom stereocenters. The van der Waals surface area contributed by atoms with Crippen molar-refractivity contribution >= 4 is 44.9 Å². The zero-order valence-corrected chi connectivity index (χ0v) is 43.7. The number of aliphatic hydroxyl groups excluding tert-OH is 3. The van der Waals surface area contributed by atoms with Crippen LogP contribution in [0.5, 0.6) is 5.75 Å². The first-order chi connectivity index (χ1) is 35.9. The third-order valence-corrected chi connectivity index (χ3v) is 13.5. The quantitative estimate of drug-likeness (QED) is 0.0172. The number of nitrogens with one attached hydrogen (secondary N) is 2. The summed E-state index contributed by atoms with van der Waals surface area (Å²) in [6, 6.07) is 21.7. The maximum Gasteiger partial charge on any atom is 0.335 e. The number of aromatic nitrogens is 2. The lowest BCUT2D eigenvalue weighted by atomic mass is 9.99. The second-order valence-corrected chi connectivity index (χ2v) is 19.8. The summed E-state index contributed by atoms with van der Waals surface area (Å²) < 4.78 is 61.1. The molecule has 22 heteroatoms. The van der Waals surface area contributed by atoms with Gasteiger partial charge in [-0.3, -0.25) is 19.2 Å². The van der Waals surface area contributed by atoms with Crippen molar-refractivity contribution in [3.05, 3.63) is 132 Å². The van der Waals surface area contributed by atoms with Gasteiger partial charge >= 0.3 is 5.97 Å². The zero-order valence-electron chi connectivity index (χ0n) is 42.8. The van der Waals surface area contributed by atoms with Crippen LogP contribution < -0.4 is 19.9 Å². The number of carbonyl (C=O) groups is 5. The van der Waals surface area contributed by atoms with Gasteiger partial charge in [-0.05, 0) is 75.7 Å². The lowest BCUT2D eigenvalue weighted by Gasteiger charge is -2.38. The first kappa shape index (κ1) is 60.1. The molecule has 3 aromatic carbocycles. The molecule has 2 amide bonds. The van der Waals surface area contributed by atoms with Crippen LogP contribution in [0.25, 0.3) is 11.5 Å². The fraction of sp³-hybridized carbons (Fsp3) is 0.407. The molecule has 1 aliphatic heterocycles. The largest absolute Gasteiger partial charge is 0.479 e. The van der Waals surface area contributed by atoms with Crippen molar-refractivity contribution in [2.45, 2.75) is 101 Å². The number of hydrogen-bond acceptors (Lipinski definition) is 17. The molecular formula is C54H66N4O17S. The van der Waals surface area contributed by atoms with Gasteiger partial charge in [-0.2, -0.15) is 0 Å². The molecule has 0 bridgehead atoms. The Morgan fingerprint density at radius 2 is 1.43 bits per heavy atom. The number of amides is 2. The number of sulfone groups is 1. The average molecular weight is 1080 g/mol. The van der Waals surface area contributed by atoms with Crippen LogP contribution in [0, 0.1) is 21.3 Å². The van der Waals surface area contributed by atoms with Crippen LogP contribution in [0.1, 0.15) is 71.1 Å². The Bertz CT molecular complexity index is 2860. The standard InChI is InChI=1S/C53H62N4O17S.CH3/c1-33-6-14-40(15-7-33)75(67,68)32-42-35(3)72-51(56-42)39-12-10-38(11-13-39)43(59)16-8-36-5-4-22-57(30-36)31-37-9-17-44(73-53-49(64)47(62)48(63)50(74-53)52(65)66)41(29-37)55-46(61)18-21-54-45(60)20-24-70-26-28-71-27-25-69-23-19-34(2)58;/h4-7,9-15,17,22,29-30,47-50,53,62-64H,8,16,18-21,23-28,31-32H2,1-3H3,(H2-,54,55,60,61,65,66);1H3/q;-1/p+1/t47-,48-,49+,50-,53+;/m0./s1. The molecule has 0 radical (unpaired) electrons. The minimum atomic E-state index is -3.66. The minimum absolute atomic E-state index is 0. The maximum atomic E-state index is 13.4. The number of aliphatic hydroxyl groups is 3. The van der Waals surface area contributed by atoms with Crippen molar-refractivity contribution < 1.29 is 85.5 Å². The number of aliphatic carboxylic acids is 1. The summed E-state index contributed by atoms with van der Waals surface area (Å²) in [5.41, 5.74) is 3.87. The molecule has 1 aliphatic rings. The number of aryl methyl sites for hydroxylation is 3. The van der Waals surface area contributed by atoms with Gasteiger partial charge in [-0.25, -0.2) is 22.8 Å². The van der Waals surface area contributed by atoms with Crippen molar-refractivity contribution in [1.82, 2.24) is 10.3 Å². The highest BCUT2D eigenvalue weighted by molar-refractivity contribution is 7.90. The number of nitrogens with zero attached hydrogens (tertiary/aromatic N) is 2. The van der Waals surface area contributed by atoms with Crippen LogP contribution in [0.2, 0.25) is 0 Å². The van der Waals surface area contributed by atoms with Gasteiger partial charge < -0.3 is 66.6 Å². The molecule has 2 aromatic heterocycles. The number of pyridine rings is 1. The average Bonchev–Trinajstić information content (AvgIpc) is 3.74. The predicted octanol–water partition coefficient (Wildman–Crippen LogP) is 3.67. The van der Waals surface area contributed by atoms with E-state index in [2.05, 4.69) is 15.6 Å². The molecule has 5 aromatic rings. The van der Waals surface area contributed by atoms with E-state index in [4.69, 9.17) is 28.1 Å². The van der Waals surface area contributed by atoms with E-state index in [1.807, 2.05) is 36.0 Å². The van der Waals surface area contributed by atoms with E-state index in [0.717, 1.165) is 11.1 Å². The molecule has 410 valence electrons. The molecule has 0 aliphatic carbocycles. The SMILES string of the molecule is CC(=O)CCOCCOCCOCCC(=O)NCCC(=O)Nc1cc(C[n+]2cccc(CCC(=O)c3ccc(-c4nc(CS(=O)(=O)c5ccc(C)cc5)c(C)o4)cc3)c2)ccc1O[C@@H]1O[C@H](C(=O)O)[C@@H](O)[C@H](O)[C@H]1O.[CH3-]. The Hall–Kier alpha value is -6.76. The van der Waals surface area contributed by atoms with Crippen LogP contribution in [-0.2, 0) is 66.7 Å².